The van der Waals surface area contributed by atoms with E-state index in [4.69, 9.17) is 0 Å². The van der Waals surface area contributed by atoms with Crippen molar-refractivity contribution in [3.05, 3.63) is 100.0 Å². The van der Waals surface area contributed by atoms with Gasteiger partial charge in [-0.1, -0.05) is 71.4 Å². The van der Waals surface area contributed by atoms with Crippen LogP contribution in [0.2, 0.25) is 0 Å². The lowest BCUT2D eigenvalue weighted by Crippen LogP contribution is -2.31. The Balaban J connectivity index is 1.85. The normalized spacial score (nSPS) is 14.1. The number of carbonyl (C=O) groups excluding carboxylic acids is 2. The molecular formula is C25H21NO2S. The summed E-state index contributed by atoms with van der Waals surface area (Å²) in [4.78, 5) is 29.6. The Bertz CT molecular complexity index is 1130. The fraction of sp³-hybridized carbons (Fsp3) is 0.120. The first-order valence-corrected chi connectivity index (χ1v) is 10.3. The molecule has 0 unspecified atom stereocenters. The van der Waals surface area contributed by atoms with Gasteiger partial charge in [0.05, 0.1) is 16.2 Å². The van der Waals surface area contributed by atoms with Crippen LogP contribution in [0.15, 0.2) is 82.6 Å². The largest absolute Gasteiger partial charge is 0.272 e. The maximum Gasteiger partial charge on any atom is 0.272 e. The summed E-state index contributed by atoms with van der Waals surface area (Å²) in [5, 5.41) is 0. The number of hydrogen-bond donors (Lipinski definition) is 0. The quantitative estimate of drug-likeness (QED) is 0.529. The first-order valence-electron chi connectivity index (χ1n) is 9.46. The summed E-state index contributed by atoms with van der Waals surface area (Å²) in [6, 6.07) is 23.1. The number of nitrogens with zero attached hydrogens (tertiary/aromatic N) is 1. The summed E-state index contributed by atoms with van der Waals surface area (Å²) in [6.07, 6.45) is 0. The number of aryl methyl sites for hydroxylation is 3. The van der Waals surface area contributed by atoms with E-state index in [9.17, 15) is 9.59 Å². The van der Waals surface area contributed by atoms with Crippen molar-refractivity contribution in [1.82, 2.24) is 0 Å². The van der Waals surface area contributed by atoms with Crippen LogP contribution in [0.25, 0.3) is 5.57 Å². The SMILES string of the molecule is Cc1ccc(N2C(=O)C(Sc3ccccc3)=C(c3ccc(C)cc3C)C2=O)cc1. The molecule has 3 nitrogen and oxygen atoms in total. The zero-order valence-corrected chi connectivity index (χ0v) is 17.4. The summed E-state index contributed by atoms with van der Waals surface area (Å²) >= 11 is 1.35. The molecule has 1 aliphatic rings. The minimum absolute atomic E-state index is 0.274. The van der Waals surface area contributed by atoms with Gasteiger partial charge in [0.1, 0.15) is 0 Å². The Morgan fingerprint density at radius 2 is 1.38 bits per heavy atom. The highest BCUT2D eigenvalue weighted by Gasteiger charge is 2.40. The maximum atomic E-state index is 13.5. The van der Waals surface area contributed by atoms with E-state index in [0.29, 0.717) is 16.2 Å². The molecule has 0 radical (unpaired) electrons. The molecule has 3 aromatic carbocycles. The first-order chi connectivity index (χ1) is 14.0. The van der Waals surface area contributed by atoms with Crippen molar-refractivity contribution in [1.29, 1.82) is 0 Å². The zero-order chi connectivity index (χ0) is 20.5. The Morgan fingerprint density at radius 3 is 2.03 bits per heavy atom. The van der Waals surface area contributed by atoms with E-state index in [-0.39, 0.29) is 11.8 Å². The van der Waals surface area contributed by atoms with E-state index in [1.165, 1.54) is 16.7 Å². The van der Waals surface area contributed by atoms with Gasteiger partial charge >= 0.3 is 0 Å². The van der Waals surface area contributed by atoms with Crippen LogP contribution in [0.4, 0.5) is 5.69 Å². The van der Waals surface area contributed by atoms with Crippen LogP contribution in [-0.4, -0.2) is 11.8 Å². The molecule has 144 valence electrons. The van der Waals surface area contributed by atoms with Crippen LogP contribution < -0.4 is 4.90 Å². The van der Waals surface area contributed by atoms with E-state index in [1.54, 1.807) is 0 Å². The molecule has 1 aliphatic heterocycles. The number of thioether (sulfide) groups is 1. The van der Waals surface area contributed by atoms with E-state index < -0.39 is 0 Å². The van der Waals surface area contributed by atoms with Gasteiger partial charge < -0.3 is 0 Å². The van der Waals surface area contributed by atoms with Gasteiger partial charge in [0, 0.05) is 4.90 Å². The van der Waals surface area contributed by atoms with Crippen LogP contribution in [0.3, 0.4) is 0 Å². The molecule has 1 heterocycles. The van der Waals surface area contributed by atoms with E-state index in [1.807, 2.05) is 93.6 Å². The summed E-state index contributed by atoms with van der Waals surface area (Å²) in [5.41, 5.74) is 5.06. The van der Waals surface area contributed by atoms with Gasteiger partial charge in [-0.25, -0.2) is 4.90 Å². The maximum absolute atomic E-state index is 13.5. The smallest absolute Gasteiger partial charge is 0.268 e. The van der Waals surface area contributed by atoms with Gasteiger partial charge in [-0.3, -0.25) is 9.59 Å². The van der Waals surface area contributed by atoms with Crippen molar-refractivity contribution < 1.29 is 9.59 Å². The second-order valence-corrected chi connectivity index (χ2v) is 8.30. The highest BCUT2D eigenvalue weighted by atomic mass is 32.2. The standard InChI is InChI=1S/C25H21NO2S/c1-16-9-12-19(13-10-16)26-24(27)22(21-14-11-17(2)15-18(21)3)23(25(26)28)29-20-7-5-4-6-8-20/h4-15H,1-3H3. The Hall–Kier alpha value is -3.11. The van der Waals surface area contributed by atoms with Crippen LogP contribution in [-0.2, 0) is 9.59 Å². The molecule has 0 saturated heterocycles. The molecule has 0 fully saturated rings. The van der Waals surface area contributed by atoms with Gasteiger partial charge in [-0.05, 0) is 56.2 Å². The topological polar surface area (TPSA) is 37.4 Å². The number of imide groups is 1. The van der Waals surface area contributed by atoms with Crippen molar-refractivity contribution in [2.45, 2.75) is 25.7 Å². The number of carbonyl (C=O) groups is 2. The third kappa shape index (κ3) is 3.64. The van der Waals surface area contributed by atoms with Crippen molar-refractivity contribution in [2.75, 3.05) is 4.90 Å². The summed E-state index contributed by atoms with van der Waals surface area (Å²) < 4.78 is 0. The Labute approximate surface area is 175 Å². The molecule has 0 saturated carbocycles. The highest BCUT2D eigenvalue weighted by Crippen LogP contribution is 2.42. The minimum atomic E-state index is -0.275. The molecule has 4 heteroatoms. The lowest BCUT2D eigenvalue weighted by Gasteiger charge is -2.15. The van der Waals surface area contributed by atoms with Crippen molar-refractivity contribution >= 4 is 34.8 Å². The molecule has 0 spiro atoms. The Morgan fingerprint density at radius 1 is 0.724 bits per heavy atom. The molecule has 29 heavy (non-hydrogen) atoms. The lowest BCUT2D eigenvalue weighted by atomic mass is 9.99. The predicted octanol–water partition coefficient (Wildman–Crippen LogP) is 5.69. The second-order valence-electron chi connectivity index (χ2n) is 7.22. The number of amides is 2. The third-order valence-electron chi connectivity index (χ3n) is 4.95. The molecule has 0 aromatic heterocycles. The second kappa shape index (κ2) is 7.72. The summed E-state index contributed by atoms with van der Waals surface area (Å²) in [7, 11) is 0. The van der Waals surface area contributed by atoms with Crippen LogP contribution in [0.5, 0.6) is 0 Å². The monoisotopic (exact) mass is 399 g/mol. The molecule has 0 atom stereocenters. The first kappa shape index (κ1) is 19.2. The lowest BCUT2D eigenvalue weighted by molar-refractivity contribution is -0.119. The molecule has 0 N–H and O–H groups in total. The van der Waals surface area contributed by atoms with Crippen LogP contribution >= 0.6 is 11.8 Å². The average molecular weight is 400 g/mol. The van der Waals surface area contributed by atoms with Gasteiger partial charge in [0.2, 0.25) is 0 Å². The molecular weight excluding hydrogens is 378 g/mol. The van der Waals surface area contributed by atoms with E-state index >= 15 is 0 Å². The van der Waals surface area contributed by atoms with Crippen molar-refractivity contribution in [3.63, 3.8) is 0 Å². The molecule has 0 bridgehead atoms. The summed E-state index contributed by atoms with van der Waals surface area (Å²) in [5.74, 6) is -0.549. The fourth-order valence-electron chi connectivity index (χ4n) is 3.47. The zero-order valence-electron chi connectivity index (χ0n) is 16.6. The molecule has 3 aromatic rings. The number of anilines is 1. The highest BCUT2D eigenvalue weighted by molar-refractivity contribution is 8.04. The van der Waals surface area contributed by atoms with Gasteiger partial charge in [0.25, 0.3) is 11.8 Å². The number of benzene rings is 3. The molecule has 2 amide bonds. The number of hydrogen-bond acceptors (Lipinski definition) is 3. The molecule has 4 rings (SSSR count). The van der Waals surface area contributed by atoms with E-state index in [2.05, 4.69) is 0 Å². The predicted molar refractivity (Wildman–Crippen MR) is 119 cm³/mol. The van der Waals surface area contributed by atoms with Gasteiger partial charge in [-0.2, -0.15) is 0 Å². The van der Waals surface area contributed by atoms with Gasteiger partial charge in [-0.15, -0.1) is 0 Å². The number of rotatable bonds is 4. The third-order valence-corrected chi connectivity index (χ3v) is 6.04. The van der Waals surface area contributed by atoms with Gasteiger partial charge in [0.15, 0.2) is 0 Å². The van der Waals surface area contributed by atoms with Crippen molar-refractivity contribution in [3.8, 4) is 0 Å². The fourth-order valence-corrected chi connectivity index (χ4v) is 4.48. The molecule has 0 aliphatic carbocycles. The minimum Gasteiger partial charge on any atom is -0.268 e. The van der Waals surface area contributed by atoms with Crippen molar-refractivity contribution in [2.24, 2.45) is 0 Å². The van der Waals surface area contributed by atoms with Crippen LogP contribution in [0, 0.1) is 20.8 Å². The average Bonchev–Trinajstić information content (AvgIpc) is 2.94. The Kier molecular flexibility index (Phi) is 5.12. The van der Waals surface area contributed by atoms with Crippen LogP contribution in [0.1, 0.15) is 22.3 Å². The summed E-state index contributed by atoms with van der Waals surface area (Å²) in [6.45, 7) is 5.98. The van der Waals surface area contributed by atoms with E-state index in [0.717, 1.165) is 27.1 Å².